The summed E-state index contributed by atoms with van der Waals surface area (Å²) < 4.78 is 11.3. The predicted octanol–water partition coefficient (Wildman–Crippen LogP) is 1.84. The average Bonchev–Trinajstić information content (AvgIpc) is 2.53. The summed E-state index contributed by atoms with van der Waals surface area (Å²) in [4.78, 5) is 24.1. The van der Waals surface area contributed by atoms with E-state index in [1.54, 1.807) is 26.2 Å². The smallest absolute Gasteiger partial charge is 0.319 e. The Bertz CT molecular complexity index is 688. The Morgan fingerprint density at radius 3 is 2.48 bits per heavy atom. The Labute approximate surface area is 142 Å². The molecule has 0 saturated carbocycles. The van der Waals surface area contributed by atoms with Crippen molar-refractivity contribution in [2.45, 2.75) is 13.0 Å². The predicted molar refractivity (Wildman–Crippen MR) is 88.4 cm³/mol. The van der Waals surface area contributed by atoms with E-state index in [-0.39, 0.29) is 11.9 Å². The number of hydrogen-bond acceptors (Lipinski definition) is 4. The van der Waals surface area contributed by atoms with Gasteiger partial charge in [-0.2, -0.15) is 0 Å². The fourth-order valence-corrected chi connectivity index (χ4v) is 2.99. The third kappa shape index (κ3) is 3.26. The minimum Gasteiger partial charge on any atom is -0.496 e. The highest BCUT2D eigenvalue weighted by molar-refractivity contribution is 9.10. The Hall–Kier alpha value is -2.22. The van der Waals surface area contributed by atoms with Crippen molar-refractivity contribution in [2.75, 3.05) is 21.3 Å². The van der Waals surface area contributed by atoms with Crippen LogP contribution in [0.25, 0.3) is 0 Å². The molecule has 124 valence electrons. The summed E-state index contributed by atoms with van der Waals surface area (Å²) in [5, 5.41) is 7.96. The van der Waals surface area contributed by atoms with E-state index < -0.39 is 6.04 Å². The number of carbonyl (C=O) groups is 2. The summed E-state index contributed by atoms with van der Waals surface area (Å²) in [5.41, 5.74) is 1.56. The van der Waals surface area contributed by atoms with Crippen LogP contribution in [-0.2, 0) is 4.79 Å². The van der Waals surface area contributed by atoms with E-state index in [1.807, 2.05) is 0 Å². The molecule has 0 saturated heterocycles. The van der Waals surface area contributed by atoms with E-state index in [4.69, 9.17) is 9.47 Å². The van der Waals surface area contributed by atoms with Crippen molar-refractivity contribution in [3.63, 3.8) is 0 Å². The van der Waals surface area contributed by atoms with Gasteiger partial charge in [0.15, 0.2) is 0 Å². The lowest BCUT2D eigenvalue weighted by atomic mass is 9.94. The van der Waals surface area contributed by atoms with Gasteiger partial charge in [-0.1, -0.05) is 0 Å². The zero-order chi connectivity index (χ0) is 17.1. The first-order valence-corrected chi connectivity index (χ1v) is 7.64. The number of carbonyl (C=O) groups excluding carboxylic acids is 2. The van der Waals surface area contributed by atoms with Crippen molar-refractivity contribution in [2.24, 2.45) is 0 Å². The first-order chi connectivity index (χ1) is 10.9. The van der Waals surface area contributed by atoms with Crippen molar-refractivity contribution in [1.82, 2.24) is 16.0 Å². The van der Waals surface area contributed by atoms with Crippen LogP contribution < -0.4 is 25.4 Å². The Kier molecular flexibility index (Phi) is 5.15. The molecular formula is C15H18BrN3O4. The number of urea groups is 1. The number of allylic oxidation sites excluding steroid dienone is 1. The number of hydrogen-bond donors (Lipinski definition) is 3. The summed E-state index contributed by atoms with van der Waals surface area (Å²) >= 11 is 3.42. The second-order valence-corrected chi connectivity index (χ2v) is 5.73. The normalized spacial score (nSPS) is 17.3. The van der Waals surface area contributed by atoms with Gasteiger partial charge < -0.3 is 25.4 Å². The van der Waals surface area contributed by atoms with Crippen molar-refractivity contribution in [3.8, 4) is 11.5 Å². The molecule has 2 rings (SSSR count). The lowest BCUT2D eigenvalue weighted by Gasteiger charge is -2.29. The average molecular weight is 384 g/mol. The summed E-state index contributed by atoms with van der Waals surface area (Å²) in [7, 11) is 4.61. The minimum atomic E-state index is -0.638. The van der Waals surface area contributed by atoms with Gasteiger partial charge in [0, 0.05) is 24.4 Å². The summed E-state index contributed by atoms with van der Waals surface area (Å²) in [5.74, 6) is 0.813. The number of rotatable bonds is 4. The molecule has 0 aromatic heterocycles. The SMILES string of the molecule is CNC(=O)C1=C(C)NC(=O)NC1c1cc(Br)c(OC)cc1OC. The molecule has 1 aliphatic rings. The number of nitrogens with one attached hydrogen (secondary N) is 3. The van der Waals surface area contributed by atoms with Gasteiger partial charge in [-0.15, -0.1) is 0 Å². The third-order valence-electron chi connectivity index (χ3n) is 3.56. The lowest BCUT2D eigenvalue weighted by Crippen LogP contribution is -2.46. The highest BCUT2D eigenvalue weighted by Crippen LogP contribution is 2.39. The Morgan fingerprint density at radius 2 is 1.91 bits per heavy atom. The van der Waals surface area contributed by atoms with Crippen LogP contribution >= 0.6 is 15.9 Å². The highest BCUT2D eigenvalue weighted by Gasteiger charge is 2.33. The number of ether oxygens (including phenoxy) is 2. The molecule has 1 aliphatic heterocycles. The molecule has 8 heteroatoms. The van der Waals surface area contributed by atoms with E-state index in [1.165, 1.54) is 14.2 Å². The van der Waals surface area contributed by atoms with Gasteiger partial charge >= 0.3 is 6.03 Å². The van der Waals surface area contributed by atoms with Gasteiger partial charge in [-0.3, -0.25) is 4.79 Å². The van der Waals surface area contributed by atoms with Crippen molar-refractivity contribution in [3.05, 3.63) is 33.4 Å². The van der Waals surface area contributed by atoms with Gasteiger partial charge in [0.1, 0.15) is 11.5 Å². The third-order valence-corrected chi connectivity index (χ3v) is 4.18. The number of benzene rings is 1. The van der Waals surface area contributed by atoms with Gasteiger partial charge in [0.25, 0.3) is 5.91 Å². The molecule has 1 atom stereocenters. The topological polar surface area (TPSA) is 88.7 Å². The monoisotopic (exact) mass is 383 g/mol. The summed E-state index contributed by atoms with van der Waals surface area (Å²) in [6.45, 7) is 1.68. The van der Waals surface area contributed by atoms with Crippen LogP contribution in [0.1, 0.15) is 18.5 Å². The molecule has 1 aromatic carbocycles. The lowest BCUT2D eigenvalue weighted by molar-refractivity contribution is -0.117. The molecule has 0 aliphatic carbocycles. The summed E-state index contributed by atoms with van der Waals surface area (Å²) in [6.07, 6.45) is 0. The maximum absolute atomic E-state index is 12.2. The zero-order valence-corrected chi connectivity index (χ0v) is 14.8. The molecule has 1 heterocycles. The van der Waals surface area contributed by atoms with Crippen molar-refractivity contribution < 1.29 is 19.1 Å². The van der Waals surface area contributed by atoms with Crippen LogP contribution in [0.2, 0.25) is 0 Å². The molecule has 1 aromatic rings. The van der Waals surface area contributed by atoms with E-state index >= 15 is 0 Å². The van der Waals surface area contributed by atoms with Crippen LogP contribution in [0.3, 0.4) is 0 Å². The van der Waals surface area contributed by atoms with Crippen LogP contribution in [0.4, 0.5) is 4.79 Å². The fourth-order valence-electron chi connectivity index (χ4n) is 2.47. The van der Waals surface area contributed by atoms with Crippen LogP contribution in [0.15, 0.2) is 27.9 Å². The molecule has 0 spiro atoms. The van der Waals surface area contributed by atoms with Crippen LogP contribution in [0.5, 0.6) is 11.5 Å². The molecule has 0 bridgehead atoms. The minimum absolute atomic E-state index is 0.283. The fraction of sp³-hybridized carbons (Fsp3) is 0.333. The molecular weight excluding hydrogens is 366 g/mol. The van der Waals surface area contributed by atoms with E-state index in [0.717, 1.165) is 0 Å². The molecule has 7 nitrogen and oxygen atoms in total. The Balaban J connectivity index is 2.62. The summed E-state index contributed by atoms with van der Waals surface area (Å²) in [6, 6.07) is 2.45. The molecule has 1 unspecified atom stereocenters. The first-order valence-electron chi connectivity index (χ1n) is 6.84. The van der Waals surface area contributed by atoms with Gasteiger partial charge in [0.2, 0.25) is 0 Å². The number of amides is 3. The van der Waals surface area contributed by atoms with E-state index in [0.29, 0.717) is 32.8 Å². The first kappa shape index (κ1) is 17.1. The molecule has 0 radical (unpaired) electrons. The second kappa shape index (κ2) is 6.91. The Morgan fingerprint density at radius 1 is 1.26 bits per heavy atom. The van der Waals surface area contributed by atoms with Gasteiger partial charge in [0.05, 0.1) is 30.3 Å². The van der Waals surface area contributed by atoms with Crippen LogP contribution in [0, 0.1) is 0 Å². The second-order valence-electron chi connectivity index (χ2n) is 4.88. The zero-order valence-electron chi connectivity index (χ0n) is 13.2. The standard InChI is InChI=1S/C15H18BrN3O4/c1-7-12(14(20)17-2)13(19-15(21)18-7)8-5-9(16)11(23-4)6-10(8)22-3/h5-6,13H,1-4H3,(H,17,20)(H2,18,19,21). The van der Waals surface area contributed by atoms with Gasteiger partial charge in [-0.05, 0) is 28.9 Å². The van der Waals surface area contributed by atoms with E-state index in [2.05, 4.69) is 31.9 Å². The van der Waals surface area contributed by atoms with Crippen LogP contribution in [-0.4, -0.2) is 33.2 Å². The molecule has 3 N–H and O–H groups in total. The number of halogens is 1. The number of methoxy groups -OCH3 is 2. The van der Waals surface area contributed by atoms with Crippen molar-refractivity contribution >= 4 is 27.9 Å². The quantitative estimate of drug-likeness (QED) is 0.739. The van der Waals surface area contributed by atoms with E-state index in [9.17, 15) is 9.59 Å². The largest absolute Gasteiger partial charge is 0.496 e. The van der Waals surface area contributed by atoms with Crippen molar-refractivity contribution in [1.29, 1.82) is 0 Å². The molecule has 3 amide bonds. The highest BCUT2D eigenvalue weighted by atomic mass is 79.9. The maximum atomic E-state index is 12.2. The maximum Gasteiger partial charge on any atom is 0.319 e. The molecule has 0 fully saturated rings. The van der Waals surface area contributed by atoms with Gasteiger partial charge in [-0.25, -0.2) is 4.79 Å². The number of likely N-dealkylation sites (N-methyl/N-ethyl adjacent to an activating group) is 1. The molecule has 23 heavy (non-hydrogen) atoms.